The highest BCUT2D eigenvalue weighted by atomic mass is 35.5. The standard InChI is InChI=1S/C13H15Cl2F3N2/c14-8-10-7-11(15)1-2-12(10)20-5-3-19(4-6-20)9-13(16,17)18/h1-2,7H,3-6,8-9H2. The van der Waals surface area contributed by atoms with Gasteiger partial charge in [-0.25, -0.2) is 0 Å². The molecule has 1 fully saturated rings. The largest absolute Gasteiger partial charge is 0.401 e. The number of alkyl halides is 4. The van der Waals surface area contributed by atoms with Crippen molar-refractivity contribution in [2.75, 3.05) is 37.6 Å². The van der Waals surface area contributed by atoms with Crippen molar-refractivity contribution in [2.24, 2.45) is 0 Å². The predicted molar refractivity (Wildman–Crippen MR) is 75.7 cm³/mol. The summed E-state index contributed by atoms with van der Waals surface area (Å²) >= 11 is 11.8. The van der Waals surface area contributed by atoms with Gasteiger partial charge in [0.05, 0.1) is 6.54 Å². The van der Waals surface area contributed by atoms with E-state index in [1.807, 2.05) is 6.07 Å². The number of halogens is 5. The maximum atomic E-state index is 12.3. The molecule has 0 bridgehead atoms. The zero-order chi connectivity index (χ0) is 14.8. The molecular formula is C13H15Cl2F3N2. The molecule has 7 heteroatoms. The van der Waals surface area contributed by atoms with E-state index in [9.17, 15) is 13.2 Å². The van der Waals surface area contributed by atoms with Crippen LogP contribution in [0.4, 0.5) is 18.9 Å². The fraction of sp³-hybridized carbons (Fsp3) is 0.538. The SMILES string of the molecule is FC(F)(F)CN1CCN(c2ccc(Cl)cc2CCl)CC1. The lowest BCUT2D eigenvalue weighted by Crippen LogP contribution is -2.49. The summed E-state index contributed by atoms with van der Waals surface area (Å²) in [5.74, 6) is 0.332. The maximum absolute atomic E-state index is 12.3. The van der Waals surface area contributed by atoms with E-state index >= 15 is 0 Å². The highest BCUT2D eigenvalue weighted by molar-refractivity contribution is 6.30. The van der Waals surface area contributed by atoms with Crippen LogP contribution in [0.25, 0.3) is 0 Å². The lowest BCUT2D eigenvalue weighted by Gasteiger charge is -2.37. The third-order valence-electron chi connectivity index (χ3n) is 3.30. The molecule has 0 aromatic heterocycles. The van der Waals surface area contributed by atoms with Crippen molar-refractivity contribution in [3.05, 3.63) is 28.8 Å². The summed E-state index contributed by atoms with van der Waals surface area (Å²) in [4.78, 5) is 3.48. The molecule has 1 aliphatic heterocycles. The molecule has 1 aromatic rings. The summed E-state index contributed by atoms with van der Waals surface area (Å²) in [6.45, 7) is 1.06. The van der Waals surface area contributed by atoms with Crippen molar-refractivity contribution in [3.63, 3.8) is 0 Å². The number of hydrogen-bond acceptors (Lipinski definition) is 2. The second-order valence-electron chi connectivity index (χ2n) is 4.79. The normalized spacial score (nSPS) is 17.6. The Morgan fingerprint density at radius 3 is 2.30 bits per heavy atom. The quantitative estimate of drug-likeness (QED) is 0.780. The summed E-state index contributed by atoms with van der Waals surface area (Å²) in [5.41, 5.74) is 1.86. The fourth-order valence-electron chi connectivity index (χ4n) is 2.37. The average Bonchev–Trinajstić information content (AvgIpc) is 2.38. The van der Waals surface area contributed by atoms with Gasteiger partial charge < -0.3 is 4.90 Å². The molecule has 1 aromatic carbocycles. The van der Waals surface area contributed by atoms with Crippen molar-refractivity contribution in [3.8, 4) is 0 Å². The fourth-order valence-corrected chi connectivity index (χ4v) is 2.78. The van der Waals surface area contributed by atoms with E-state index in [1.54, 1.807) is 12.1 Å². The molecule has 0 aliphatic carbocycles. The highest BCUT2D eigenvalue weighted by Gasteiger charge is 2.32. The van der Waals surface area contributed by atoms with Crippen molar-refractivity contribution in [2.45, 2.75) is 12.1 Å². The summed E-state index contributed by atoms with van der Waals surface area (Å²) in [6.07, 6.45) is -4.14. The third-order valence-corrected chi connectivity index (χ3v) is 3.82. The maximum Gasteiger partial charge on any atom is 0.401 e. The Morgan fingerprint density at radius 2 is 1.75 bits per heavy atom. The summed E-state index contributed by atoms with van der Waals surface area (Å²) < 4.78 is 37.0. The number of anilines is 1. The molecule has 2 rings (SSSR count). The molecule has 1 heterocycles. The molecule has 1 saturated heterocycles. The zero-order valence-electron chi connectivity index (χ0n) is 10.8. The van der Waals surface area contributed by atoms with E-state index in [0.29, 0.717) is 37.1 Å². The number of piperazine rings is 1. The second kappa shape index (κ2) is 6.41. The topological polar surface area (TPSA) is 6.48 Å². The van der Waals surface area contributed by atoms with Gasteiger partial charge in [0.15, 0.2) is 0 Å². The molecule has 2 nitrogen and oxygen atoms in total. The van der Waals surface area contributed by atoms with Gasteiger partial charge in [0.2, 0.25) is 0 Å². The van der Waals surface area contributed by atoms with E-state index in [-0.39, 0.29) is 0 Å². The minimum atomic E-state index is -4.14. The van der Waals surface area contributed by atoms with Crippen LogP contribution in [0.15, 0.2) is 18.2 Å². The lowest BCUT2D eigenvalue weighted by atomic mass is 10.1. The number of hydrogen-bond donors (Lipinski definition) is 0. The molecule has 20 heavy (non-hydrogen) atoms. The Bertz CT molecular complexity index is 457. The number of nitrogens with zero attached hydrogens (tertiary/aromatic N) is 2. The van der Waals surface area contributed by atoms with Crippen LogP contribution in [-0.4, -0.2) is 43.8 Å². The second-order valence-corrected chi connectivity index (χ2v) is 5.49. The molecule has 0 saturated carbocycles. The molecule has 0 amide bonds. The molecular weight excluding hydrogens is 312 g/mol. The number of rotatable bonds is 3. The van der Waals surface area contributed by atoms with Gasteiger partial charge in [-0.2, -0.15) is 13.2 Å². The average molecular weight is 327 g/mol. The first-order valence-electron chi connectivity index (χ1n) is 6.27. The van der Waals surface area contributed by atoms with Gasteiger partial charge in [0, 0.05) is 42.8 Å². The van der Waals surface area contributed by atoms with Crippen molar-refractivity contribution in [1.82, 2.24) is 4.90 Å². The van der Waals surface area contributed by atoms with Crippen LogP contribution in [0.2, 0.25) is 5.02 Å². The molecule has 0 atom stereocenters. The van der Waals surface area contributed by atoms with Crippen LogP contribution in [0.3, 0.4) is 0 Å². The summed E-state index contributed by atoms with van der Waals surface area (Å²) in [6, 6.07) is 5.44. The first kappa shape index (κ1) is 15.7. The molecule has 0 unspecified atom stereocenters. The van der Waals surface area contributed by atoms with Crippen molar-refractivity contribution >= 4 is 28.9 Å². The van der Waals surface area contributed by atoms with Crippen molar-refractivity contribution < 1.29 is 13.2 Å². The van der Waals surface area contributed by atoms with Crippen LogP contribution < -0.4 is 4.90 Å². The minimum Gasteiger partial charge on any atom is -0.369 e. The summed E-state index contributed by atoms with van der Waals surface area (Å²) in [7, 11) is 0. The number of benzene rings is 1. The smallest absolute Gasteiger partial charge is 0.369 e. The Morgan fingerprint density at radius 1 is 1.10 bits per heavy atom. The lowest BCUT2D eigenvalue weighted by molar-refractivity contribution is -0.146. The monoisotopic (exact) mass is 326 g/mol. The Labute approximate surface area is 126 Å². The Kier molecular flexibility index (Phi) is 5.04. The zero-order valence-corrected chi connectivity index (χ0v) is 12.3. The highest BCUT2D eigenvalue weighted by Crippen LogP contribution is 2.27. The summed E-state index contributed by atoms with van der Waals surface area (Å²) in [5, 5.41) is 0.611. The van der Waals surface area contributed by atoms with Gasteiger partial charge >= 0.3 is 6.18 Å². The molecule has 1 aliphatic rings. The van der Waals surface area contributed by atoms with Crippen LogP contribution in [0, 0.1) is 0 Å². The van der Waals surface area contributed by atoms with Crippen LogP contribution in [0.5, 0.6) is 0 Å². The van der Waals surface area contributed by atoms with Crippen LogP contribution >= 0.6 is 23.2 Å². The van der Waals surface area contributed by atoms with Gasteiger partial charge in [-0.1, -0.05) is 11.6 Å². The first-order valence-corrected chi connectivity index (χ1v) is 7.19. The van der Waals surface area contributed by atoms with Crippen LogP contribution in [0.1, 0.15) is 5.56 Å². The van der Waals surface area contributed by atoms with E-state index in [1.165, 1.54) is 4.90 Å². The van der Waals surface area contributed by atoms with E-state index < -0.39 is 12.7 Å². The van der Waals surface area contributed by atoms with E-state index in [4.69, 9.17) is 23.2 Å². The molecule has 112 valence electrons. The predicted octanol–water partition coefficient (Wildman–Crippen LogP) is 3.76. The Balaban J connectivity index is 2.00. The van der Waals surface area contributed by atoms with Gasteiger partial charge in [-0.3, -0.25) is 4.90 Å². The van der Waals surface area contributed by atoms with Crippen molar-refractivity contribution in [1.29, 1.82) is 0 Å². The van der Waals surface area contributed by atoms with Crippen LogP contribution in [-0.2, 0) is 5.88 Å². The van der Waals surface area contributed by atoms with Gasteiger partial charge in [0.1, 0.15) is 0 Å². The molecule has 0 radical (unpaired) electrons. The first-order chi connectivity index (χ1) is 9.39. The molecule has 0 N–H and O–H groups in total. The van der Waals surface area contributed by atoms with Gasteiger partial charge in [0.25, 0.3) is 0 Å². The minimum absolute atomic E-state index is 0.332. The van der Waals surface area contributed by atoms with Gasteiger partial charge in [-0.05, 0) is 23.8 Å². The third kappa shape index (κ3) is 4.17. The van der Waals surface area contributed by atoms with E-state index in [0.717, 1.165) is 11.3 Å². The van der Waals surface area contributed by atoms with Gasteiger partial charge in [-0.15, -0.1) is 11.6 Å². The van der Waals surface area contributed by atoms with E-state index in [2.05, 4.69) is 4.90 Å². The Hall–Kier alpha value is -0.650. The molecule has 0 spiro atoms.